The van der Waals surface area contributed by atoms with Crippen molar-refractivity contribution in [2.75, 3.05) is 13.1 Å². The van der Waals surface area contributed by atoms with E-state index < -0.39 is 0 Å². The van der Waals surface area contributed by atoms with Crippen molar-refractivity contribution < 1.29 is 4.79 Å². The van der Waals surface area contributed by atoms with Gasteiger partial charge in [-0.3, -0.25) is 9.69 Å². The highest BCUT2D eigenvalue weighted by atomic mass is 16.1. The Morgan fingerprint density at radius 1 is 1.08 bits per heavy atom. The number of imidazole rings is 1. The van der Waals surface area contributed by atoms with Gasteiger partial charge in [-0.2, -0.15) is 0 Å². The van der Waals surface area contributed by atoms with Gasteiger partial charge < -0.3 is 10.7 Å². The van der Waals surface area contributed by atoms with Crippen molar-refractivity contribution in [3.8, 4) is 0 Å². The Hall–Kier alpha value is -2.66. The number of benzene rings is 2. The van der Waals surface area contributed by atoms with E-state index in [0.29, 0.717) is 5.92 Å². The van der Waals surface area contributed by atoms with Gasteiger partial charge in [0, 0.05) is 5.92 Å². The van der Waals surface area contributed by atoms with Crippen LogP contribution in [0.3, 0.4) is 0 Å². The number of H-pyrrole nitrogens is 1. The van der Waals surface area contributed by atoms with Crippen LogP contribution in [0, 0.1) is 0 Å². The van der Waals surface area contributed by atoms with Gasteiger partial charge >= 0.3 is 0 Å². The first kappa shape index (κ1) is 15.8. The van der Waals surface area contributed by atoms with E-state index in [1.807, 2.05) is 48.5 Å². The number of piperidine rings is 1. The van der Waals surface area contributed by atoms with Crippen LogP contribution in [0.1, 0.15) is 36.2 Å². The zero-order valence-corrected chi connectivity index (χ0v) is 14.1. The predicted molar refractivity (Wildman–Crippen MR) is 98.0 cm³/mol. The zero-order chi connectivity index (χ0) is 17.2. The summed E-state index contributed by atoms with van der Waals surface area (Å²) >= 11 is 0. The maximum Gasteiger partial charge on any atom is 0.239 e. The van der Waals surface area contributed by atoms with E-state index in [1.54, 1.807) is 0 Å². The number of hydrogen-bond acceptors (Lipinski definition) is 3. The molecular weight excluding hydrogens is 312 g/mol. The van der Waals surface area contributed by atoms with Gasteiger partial charge in [-0.25, -0.2) is 4.98 Å². The molecule has 2 heterocycles. The molecule has 1 saturated heterocycles. The third kappa shape index (κ3) is 3.15. The summed E-state index contributed by atoms with van der Waals surface area (Å²) in [6.07, 6.45) is 1.94. The first-order chi connectivity index (χ1) is 12.2. The molecule has 5 heteroatoms. The number of amides is 1. The highest BCUT2D eigenvalue weighted by molar-refractivity contribution is 5.81. The summed E-state index contributed by atoms with van der Waals surface area (Å²) < 4.78 is 0. The minimum Gasteiger partial charge on any atom is -0.368 e. The maximum atomic E-state index is 12.0. The number of nitrogens with two attached hydrogens (primary N) is 1. The van der Waals surface area contributed by atoms with Gasteiger partial charge in [0.05, 0.1) is 11.0 Å². The fourth-order valence-corrected chi connectivity index (χ4v) is 3.79. The smallest absolute Gasteiger partial charge is 0.239 e. The van der Waals surface area contributed by atoms with Crippen LogP contribution in [0.25, 0.3) is 11.0 Å². The number of likely N-dealkylation sites (tertiary alicyclic amines) is 1. The monoisotopic (exact) mass is 334 g/mol. The Labute approximate surface area is 146 Å². The molecular formula is C20H22N4O. The Bertz CT molecular complexity index is 833. The van der Waals surface area contributed by atoms with Crippen LogP contribution in [0.5, 0.6) is 0 Å². The molecule has 0 spiro atoms. The maximum absolute atomic E-state index is 12.0. The topological polar surface area (TPSA) is 75.0 Å². The molecule has 0 aliphatic carbocycles. The van der Waals surface area contributed by atoms with Gasteiger partial charge in [0.1, 0.15) is 11.9 Å². The van der Waals surface area contributed by atoms with Crippen molar-refractivity contribution >= 4 is 16.9 Å². The molecule has 0 radical (unpaired) electrons. The molecule has 1 aliphatic rings. The number of nitrogens with zero attached hydrogens (tertiary/aromatic N) is 2. The summed E-state index contributed by atoms with van der Waals surface area (Å²) in [6.45, 7) is 1.68. The number of hydrogen-bond donors (Lipinski definition) is 2. The second kappa shape index (κ2) is 6.69. The summed E-state index contributed by atoms with van der Waals surface area (Å²) in [6, 6.07) is 17.6. The van der Waals surface area contributed by atoms with Crippen molar-refractivity contribution in [1.29, 1.82) is 0 Å². The van der Waals surface area contributed by atoms with Crippen LogP contribution in [-0.2, 0) is 4.79 Å². The second-order valence-corrected chi connectivity index (χ2v) is 6.67. The fraction of sp³-hybridized carbons (Fsp3) is 0.300. The lowest BCUT2D eigenvalue weighted by molar-refractivity contribution is -0.124. The number of fused-ring (bicyclic) bond motifs is 1. The average molecular weight is 334 g/mol. The largest absolute Gasteiger partial charge is 0.368 e. The van der Waals surface area contributed by atoms with Gasteiger partial charge in [0.2, 0.25) is 5.91 Å². The third-order valence-corrected chi connectivity index (χ3v) is 5.07. The van der Waals surface area contributed by atoms with E-state index in [1.165, 1.54) is 0 Å². The van der Waals surface area contributed by atoms with E-state index in [9.17, 15) is 4.79 Å². The lowest BCUT2D eigenvalue weighted by atomic mass is 9.93. The molecule has 0 bridgehead atoms. The van der Waals surface area contributed by atoms with Crippen molar-refractivity contribution in [2.45, 2.75) is 24.8 Å². The Balaban J connectivity index is 1.49. The van der Waals surface area contributed by atoms with Gasteiger partial charge in [-0.05, 0) is 43.6 Å². The third-order valence-electron chi connectivity index (χ3n) is 5.07. The molecule has 1 aromatic heterocycles. The molecule has 3 aromatic rings. The van der Waals surface area contributed by atoms with Gasteiger partial charge in [0.25, 0.3) is 0 Å². The minimum absolute atomic E-state index is 0.284. The number of carbonyl (C=O) groups is 1. The first-order valence-corrected chi connectivity index (χ1v) is 8.75. The number of primary amides is 1. The van der Waals surface area contributed by atoms with Crippen molar-refractivity contribution in [1.82, 2.24) is 14.9 Å². The highest BCUT2D eigenvalue weighted by Crippen LogP contribution is 2.31. The standard InChI is InChI=1S/C20H22N4O/c21-19(25)18(14-6-2-1-3-7-14)24-12-10-15(11-13-24)20-22-16-8-4-5-9-17(16)23-20/h1-9,15,18H,10-13H2,(H2,21,25)(H,22,23)/t18-/m1/s1. The van der Waals surface area contributed by atoms with Crippen LogP contribution in [0.4, 0.5) is 0 Å². The quantitative estimate of drug-likeness (QED) is 0.770. The lowest BCUT2D eigenvalue weighted by Gasteiger charge is -2.35. The predicted octanol–water partition coefficient (Wildman–Crippen LogP) is 2.97. The summed E-state index contributed by atoms with van der Waals surface area (Å²) in [5.74, 6) is 1.16. The summed E-state index contributed by atoms with van der Waals surface area (Å²) in [4.78, 5) is 22.4. The van der Waals surface area contributed by atoms with E-state index in [-0.39, 0.29) is 11.9 Å². The normalized spacial score (nSPS) is 17.6. The Morgan fingerprint density at radius 3 is 2.44 bits per heavy atom. The Kier molecular flexibility index (Phi) is 4.24. The molecule has 1 aliphatic heterocycles. The molecule has 0 unspecified atom stereocenters. The summed E-state index contributed by atoms with van der Waals surface area (Å²) in [7, 11) is 0. The number of rotatable bonds is 4. The number of para-hydroxylation sites is 2. The van der Waals surface area contributed by atoms with Gasteiger partial charge in [0.15, 0.2) is 0 Å². The molecule has 1 amide bonds. The molecule has 1 atom stereocenters. The molecule has 25 heavy (non-hydrogen) atoms. The van der Waals surface area contributed by atoms with Crippen LogP contribution in [-0.4, -0.2) is 33.9 Å². The van der Waals surface area contributed by atoms with Crippen LogP contribution >= 0.6 is 0 Å². The van der Waals surface area contributed by atoms with Crippen LogP contribution < -0.4 is 5.73 Å². The van der Waals surface area contributed by atoms with E-state index >= 15 is 0 Å². The summed E-state index contributed by atoms with van der Waals surface area (Å²) in [5.41, 5.74) is 8.76. The fourth-order valence-electron chi connectivity index (χ4n) is 3.79. The number of aromatic nitrogens is 2. The number of carbonyl (C=O) groups excluding carboxylic acids is 1. The van der Waals surface area contributed by atoms with Crippen molar-refractivity contribution in [2.24, 2.45) is 5.73 Å². The molecule has 5 nitrogen and oxygen atoms in total. The van der Waals surface area contributed by atoms with E-state index in [0.717, 1.165) is 48.4 Å². The van der Waals surface area contributed by atoms with E-state index in [4.69, 9.17) is 10.7 Å². The average Bonchev–Trinajstić information content (AvgIpc) is 3.07. The second-order valence-electron chi connectivity index (χ2n) is 6.67. The molecule has 4 rings (SSSR count). The molecule has 3 N–H and O–H groups in total. The number of nitrogens with one attached hydrogen (secondary N) is 1. The van der Waals surface area contributed by atoms with E-state index in [2.05, 4.69) is 16.0 Å². The van der Waals surface area contributed by atoms with Gasteiger partial charge in [-0.1, -0.05) is 42.5 Å². The molecule has 1 fully saturated rings. The van der Waals surface area contributed by atoms with Crippen LogP contribution in [0.15, 0.2) is 54.6 Å². The highest BCUT2D eigenvalue weighted by Gasteiger charge is 2.31. The minimum atomic E-state index is -0.349. The zero-order valence-electron chi connectivity index (χ0n) is 14.1. The van der Waals surface area contributed by atoms with Crippen molar-refractivity contribution in [3.63, 3.8) is 0 Å². The lowest BCUT2D eigenvalue weighted by Crippen LogP contribution is -2.42. The van der Waals surface area contributed by atoms with Crippen molar-refractivity contribution in [3.05, 3.63) is 66.0 Å². The van der Waals surface area contributed by atoms with Gasteiger partial charge in [-0.15, -0.1) is 0 Å². The molecule has 128 valence electrons. The first-order valence-electron chi connectivity index (χ1n) is 8.75. The van der Waals surface area contributed by atoms with Crippen LogP contribution in [0.2, 0.25) is 0 Å². The number of aromatic amines is 1. The molecule has 2 aromatic carbocycles. The Morgan fingerprint density at radius 2 is 1.76 bits per heavy atom. The SMILES string of the molecule is NC(=O)[C@@H](c1ccccc1)N1CCC(c2nc3ccccc3[nH]2)CC1. The summed E-state index contributed by atoms with van der Waals surface area (Å²) in [5, 5.41) is 0. The molecule has 0 saturated carbocycles.